The Kier molecular flexibility index (Phi) is 3.23. The Bertz CT molecular complexity index is 600. The van der Waals surface area contributed by atoms with Crippen molar-refractivity contribution in [2.24, 2.45) is 5.92 Å². The minimum Gasteiger partial charge on any atom is -0.504 e. The van der Waals surface area contributed by atoms with Crippen molar-refractivity contribution in [1.82, 2.24) is 4.90 Å². The Morgan fingerprint density at radius 3 is 2.71 bits per heavy atom. The van der Waals surface area contributed by atoms with Crippen LogP contribution in [-0.4, -0.2) is 46.2 Å². The zero-order chi connectivity index (χ0) is 15.1. The van der Waals surface area contributed by atoms with Crippen LogP contribution in [0.5, 0.6) is 11.5 Å². The molecule has 6 nitrogen and oxygen atoms in total. The molecule has 2 aliphatic heterocycles. The second kappa shape index (κ2) is 4.95. The number of carboxylic acids is 1. The molecule has 3 rings (SSSR count). The summed E-state index contributed by atoms with van der Waals surface area (Å²) in [5.41, 5.74) is 0.164. The summed E-state index contributed by atoms with van der Waals surface area (Å²) >= 11 is 0. The van der Waals surface area contributed by atoms with Crippen LogP contribution in [0.1, 0.15) is 29.6 Å². The van der Waals surface area contributed by atoms with Gasteiger partial charge in [0, 0.05) is 12.1 Å². The molecule has 21 heavy (non-hydrogen) atoms. The molecule has 2 N–H and O–H groups in total. The number of hydrogen-bond donors (Lipinski definition) is 2. The molecule has 0 aromatic heterocycles. The molecular formula is C15H17NO5. The number of ether oxygens (including phenoxy) is 1. The lowest BCUT2D eigenvalue weighted by Crippen LogP contribution is -2.37. The fraction of sp³-hybridized carbons (Fsp3) is 0.467. The van der Waals surface area contributed by atoms with E-state index in [1.165, 1.54) is 13.2 Å². The van der Waals surface area contributed by atoms with Crippen molar-refractivity contribution in [3.8, 4) is 11.5 Å². The minimum atomic E-state index is -0.852. The monoisotopic (exact) mass is 291 g/mol. The van der Waals surface area contributed by atoms with Gasteiger partial charge in [-0.3, -0.25) is 9.59 Å². The van der Waals surface area contributed by atoms with E-state index in [4.69, 9.17) is 4.74 Å². The summed E-state index contributed by atoms with van der Waals surface area (Å²) < 4.78 is 5.01. The van der Waals surface area contributed by atoms with E-state index in [2.05, 4.69) is 0 Å². The van der Waals surface area contributed by atoms with Crippen LogP contribution in [0.25, 0.3) is 0 Å². The molecule has 2 bridgehead atoms. The zero-order valence-electron chi connectivity index (χ0n) is 11.7. The molecule has 0 aliphatic carbocycles. The fourth-order valence-electron chi connectivity index (χ4n) is 3.57. The van der Waals surface area contributed by atoms with Crippen LogP contribution < -0.4 is 4.74 Å². The number of phenols is 1. The molecule has 2 aliphatic rings. The third kappa shape index (κ3) is 2.02. The normalized spacial score (nSPS) is 26.9. The molecule has 2 heterocycles. The molecule has 1 amide bonds. The van der Waals surface area contributed by atoms with E-state index in [1.54, 1.807) is 17.0 Å². The van der Waals surface area contributed by atoms with Gasteiger partial charge in [0.15, 0.2) is 11.5 Å². The predicted molar refractivity (Wildman–Crippen MR) is 73.4 cm³/mol. The maximum Gasteiger partial charge on any atom is 0.308 e. The van der Waals surface area contributed by atoms with Crippen molar-refractivity contribution < 1.29 is 24.5 Å². The number of hydrogen-bond acceptors (Lipinski definition) is 4. The van der Waals surface area contributed by atoms with Crippen LogP contribution in [0.2, 0.25) is 0 Å². The van der Waals surface area contributed by atoms with Crippen LogP contribution in [-0.2, 0) is 4.79 Å². The molecule has 112 valence electrons. The number of para-hydroxylation sites is 1. The van der Waals surface area contributed by atoms with Gasteiger partial charge in [0.1, 0.15) is 0 Å². The first-order chi connectivity index (χ1) is 10.0. The minimum absolute atomic E-state index is 0.0470. The lowest BCUT2D eigenvalue weighted by molar-refractivity contribution is -0.142. The van der Waals surface area contributed by atoms with E-state index in [0.29, 0.717) is 12.8 Å². The van der Waals surface area contributed by atoms with E-state index in [9.17, 15) is 19.8 Å². The third-order valence-corrected chi connectivity index (χ3v) is 4.54. The predicted octanol–water partition coefficient (Wildman–Crippen LogP) is 1.48. The van der Waals surface area contributed by atoms with Crippen molar-refractivity contribution in [2.75, 3.05) is 7.11 Å². The summed E-state index contributed by atoms with van der Waals surface area (Å²) in [6.07, 6.45) is 2.03. The summed E-state index contributed by atoms with van der Waals surface area (Å²) in [4.78, 5) is 25.6. The number of carbonyl (C=O) groups excluding carboxylic acids is 1. The number of benzene rings is 1. The number of aliphatic carboxylic acids is 1. The van der Waals surface area contributed by atoms with Gasteiger partial charge in [-0.2, -0.15) is 0 Å². The smallest absolute Gasteiger partial charge is 0.308 e. The Hall–Kier alpha value is -2.24. The summed E-state index contributed by atoms with van der Waals surface area (Å²) in [7, 11) is 1.42. The van der Waals surface area contributed by atoms with Crippen molar-refractivity contribution >= 4 is 11.9 Å². The average Bonchev–Trinajstić information content (AvgIpc) is 3.04. The second-order valence-corrected chi connectivity index (χ2v) is 5.55. The summed E-state index contributed by atoms with van der Waals surface area (Å²) in [6, 6.07) is 4.43. The van der Waals surface area contributed by atoms with Gasteiger partial charge in [-0.1, -0.05) is 6.07 Å². The first-order valence-corrected chi connectivity index (χ1v) is 6.96. The highest BCUT2D eigenvalue weighted by Gasteiger charge is 2.51. The molecule has 3 atom stereocenters. The third-order valence-electron chi connectivity index (χ3n) is 4.54. The van der Waals surface area contributed by atoms with E-state index < -0.39 is 11.9 Å². The van der Waals surface area contributed by atoms with E-state index in [0.717, 1.165) is 6.42 Å². The van der Waals surface area contributed by atoms with Crippen molar-refractivity contribution in [3.05, 3.63) is 23.8 Å². The van der Waals surface area contributed by atoms with Crippen molar-refractivity contribution in [2.45, 2.75) is 31.3 Å². The average molecular weight is 291 g/mol. The molecule has 6 heteroatoms. The Labute approximate surface area is 121 Å². The lowest BCUT2D eigenvalue weighted by Gasteiger charge is -2.23. The quantitative estimate of drug-likeness (QED) is 0.880. The van der Waals surface area contributed by atoms with Crippen molar-refractivity contribution in [1.29, 1.82) is 0 Å². The van der Waals surface area contributed by atoms with Gasteiger partial charge in [-0.25, -0.2) is 0 Å². The summed E-state index contributed by atoms with van der Waals surface area (Å²) in [5.74, 6) is -1.62. The van der Waals surface area contributed by atoms with E-state index in [-0.39, 0.29) is 35.1 Å². The maximum atomic E-state index is 12.7. The lowest BCUT2D eigenvalue weighted by atomic mass is 9.89. The van der Waals surface area contributed by atoms with Gasteiger partial charge in [0.25, 0.3) is 5.91 Å². The molecule has 2 saturated heterocycles. The molecule has 2 fully saturated rings. The standard InChI is InChI=1S/C15H17NO5/c1-21-12-4-2-3-9(13(12)17)14(18)16-8-5-6-11(16)10(7-8)15(19)20/h2-4,8,10-11,17H,5-7H2,1H3,(H,19,20). The second-order valence-electron chi connectivity index (χ2n) is 5.55. The molecule has 0 saturated carbocycles. The van der Waals surface area contributed by atoms with E-state index >= 15 is 0 Å². The van der Waals surface area contributed by atoms with Crippen LogP contribution in [0.4, 0.5) is 0 Å². The number of carboxylic acid groups (broad SMARTS) is 1. The molecule has 0 spiro atoms. The van der Waals surface area contributed by atoms with Gasteiger partial charge in [-0.15, -0.1) is 0 Å². The Morgan fingerprint density at radius 1 is 1.33 bits per heavy atom. The molecule has 3 unspecified atom stereocenters. The largest absolute Gasteiger partial charge is 0.504 e. The van der Waals surface area contributed by atoms with Crippen LogP contribution in [0, 0.1) is 5.92 Å². The fourth-order valence-corrected chi connectivity index (χ4v) is 3.57. The van der Waals surface area contributed by atoms with Gasteiger partial charge in [0.05, 0.1) is 18.6 Å². The SMILES string of the molecule is COc1cccc(C(=O)N2C3CCC2C(C(=O)O)C3)c1O. The first-order valence-electron chi connectivity index (χ1n) is 6.96. The number of carbonyl (C=O) groups is 2. The number of aromatic hydroxyl groups is 1. The van der Waals surface area contributed by atoms with Crippen LogP contribution in [0.3, 0.4) is 0 Å². The van der Waals surface area contributed by atoms with Gasteiger partial charge < -0.3 is 19.8 Å². The topological polar surface area (TPSA) is 87.1 Å². The molecular weight excluding hydrogens is 274 g/mol. The Morgan fingerprint density at radius 2 is 2.10 bits per heavy atom. The highest BCUT2D eigenvalue weighted by Crippen LogP contribution is 2.43. The highest BCUT2D eigenvalue weighted by molar-refractivity contribution is 5.98. The highest BCUT2D eigenvalue weighted by atomic mass is 16.5. The summed E-state index contributed by atoms with van der Waals surface area (Å²) in [5, 5.41) is 19.3. The molecule has 0 radical (unpaired) electrons. The van der Waals surface area contributed by atoms with Gasteiger partial charge in [-0.05, 0) is 31.4 Å². The van der Waals surface area contributed by atoms with Crippen LogP contribution in [0.15, 0.2) is 18.2 Å². The molecule has 1 aromatic carbocycles. The first kappa shape index (κ1) is 13.7. The maximum absolute atomic E-state index is 12.7. The number of nitrogens with zero attached hydrogens (tertiary/aromatic N) is 1. The molecule has 1 aromatic rings. The van der Waals surface area contributed by atoms with Crippen LogP contribution >= 0.6 is 0 Å². The number of amides is 1. The number of methoxy groups -OCH3 is 1. The van der Waals surface area contributed by atoms with E-state index in [1.807, 2.05) is 0 Å². The zero-order valence-corrected chi connectivity index (χ0v) is 11.7. The summed E-state index contributed by atoms with van der Waals surface area (Å²) in [6.45, 7) is 0. The number of fused-ring (bicyclic) bond motifs is 2. The number of phenolic OH excluding ortho intramolecular Hbond substituents is 1. The number of rotatable bonds is 3. The Balaban J connectivity index is 1.92. The van der Waals surface area contributed by atoms with Gasteiger partial charge in [0.2, 0.25) is 0 Å². The van der Waals surface area contributed by atoms with Gasteiger partial charge >= 0.3 is 5.97 Å². The van der Waals surface area contributed by atoms with Crippen molar-refractivity contribution in [3.63, 3.8) is 0 Å².